The SMILES string of the molecule is CC(N)c1nc(CC(=O)Nc2cc(Cl)cc(Cl)c2)cs1. The first-order valence-corrected chi connectivity index (χ1v) is 7.53. The van der Waals surface area contributed by atoms with Gasteiger partial charge in [0.25, 0.3) is 0 Å². The van der Waals surface area contributed by atoms with Gasteiger partial charge in [-0.3, -0.25) is 4.79 Å². The lowest BCUT2D eigenvalue weighted by Crippen LogP contribution is -2.15. The summed E-state index contributed by atoms with van der Waals surface area (Å²) >= 11 is 13.2. The molecule has 0 saturated carbocycles. The maximum atomic E-state index is 11.9. The van der Waals surface area contributed by atoms with E-state index in [4.69, 9.17) is 28.9 Å². The van der Waals surface area contributed by atoms with Crippen LogP contribution in [0.4, 0.5) is 5.69 Å². The number of nitrogens with one attached hydrogen (secondary N) is 1. The molecule has 2 aromatic rings. The zero-order valence-corrected chi connectivity index (χ0v) is 13.0. The minimum Gasteiger partial charge on any atom is -0.326 e. The van der Waals surface area contributed by atoms with Crippen LogP contribution < -0.4 is 11.1 Å². The Labute approximate surface area is 130 Å². The molecule has 1 atom stereocenters. The summed E-state index contributed by atoms with van der Waals surface area (Å²) in [5.41, 5.74) is 7.00. The van der Waals surface area contributed by atoms with Crippen molar-refractivity contribution in [3.05, 3.63) is 44.3 Å². The Morgan fingerprint density at radius 2 is 2.05 bits per heavy atom. The number of carbonyl (C=O) groups is 1. The van der Waals surface area contributed by atoms with Crippen molar-refractivity contribution in [2.24, 2.45) is 5.73 Å². The first kappa shape index (κ1) is 15.3. The van der Waals surface area contributed by atoms with E-state index in [2.05, 4.69) is 10.3 Å². The summed E-state index contributed by atoms with van der Waals surface area (Å²) < 4.78 is 0. The molecule has 0 fully saturated rings. The van der Waals surface area contributed by atoms with E-state index >= 15 is 0 Å². The van der Waals surface area contributed by atoms with Crippen LogP contribution in [0.5, 0.6) is 0 Å². The number of rotatable bonds is 4. The molecule has 0 aliphatic rings. The topological polar surface area (TPSA) is 68.0 Å². The number of anilines is 1. The lowest BCUT2D eigenvalue weighted by atomic mass is 10.3. The number of benzene rings is 1. The second kappa shape index (κ2) is 6.54. The fraction of sp³-hybridized carbons (Fsp3) is 0.231. The van der Waals surface area contributed by atoms with E-state index in [0.29, 0.717) is 21.4 Å². The van der Waals surface area contributed by atoms with Crippen molar-refractivity contribution < 1.29 is 4.79 Å². The molecular weight excluding hydrogens is 317 g/mol. The maximum Gasteiger partial charge on any atom is 0.230 e. The zero-order chi connectivity index (χ0) is 14.7. The zero-order valence-electron chi connectivity index (χ0n) is 10.7. The van der Waals surface area contributed by atoms with Gasteiger partial charge >= 0.3 is 0 Å². The highest BCUT2D eigenvalue weighted by Gasteiger charge is 2.10. The molecule has 1 unspecified atom stereocenters. The van der Waals surface area contributed by atoms with Crippen molar-refractivity contribution in [1.29, 1.82) is 0 Å². The molecule has 1 aromatic heterocycles. The monoisotopic (exact) mass is 329 g/mol. The van der Waals surface area contributed by atoms with Gasteiger partial charge in [0.2, 0.25) is 5.91 Å². The normalized spacial score (nSPS) is 12.2. The molecule has 0 saturated heterocycles. The van der Waals surface area contributed by atoms with E-state index in [-0.39, 0.29) is 18.4 Å². The van der Waals surface area contributed by atoms with Crippen LogP contribution in [-0.4, -0.2) is 10.9 Å². The summed E-state index contributed by atoms with van der Waals surface area (Å²) in [5, 5.41) is 6.34. The Morgan fingerprint density at radius 1 is 1.40 bits per heavy atom. The second-order valence-corrected chi connectivity index (χ2v) is 6.11. The fourth-order valence-electron chi connectivity index (χ4n) is 1.61. The largest absolute Gasteiger partial charge is 0.326 e. The maximum absolute atomic E-state index is 11.9. The molecule has 3 N–H and O–H groups in total. The quantitative estimate of drug-likeness (QED) is 0.899. The van der Waals surface area contributed by atoms with Crippen molar-refractivity contribution in [1.82, 2.24) is 4.98 Å². The van der Waals surface area contributed by atoms with Gasteiger partial charge in [-0.25, -0.2) is 4.98 Å². The minimum absolute atomic E-state index is 0.122. The van der Waals surface area contributed by atoms with E-state index in [9.17, 15) is 4.79 Å². The molecule has 7 heteroatoms. The number of aromatic nitrogens is 1. The molecule has 0 bridgehead atoms. The van der Waals surface area contributed by atoms with E-state index in [1.807, 2.05) is 12.3 Å². The van der Waals surface area contributed by atoms with Crippen molar-refractivity contribution in [2.75, 3.05) is 5.32 Å². The molecule has 4 nitrogen and oxygen atoms in total. The molecule has 2 rings (SSSR count). The van der Waals surface area contributed by atoms with Gasteiger partial charge in [-0.15, -0.1) is 11.3 Å². The number of carbonyl (C=O) groups excluding carboxylic acids is 1. The number of nitrogens with two attached hydrogens (primary N) is 1. The Balaban J connectivity index is 2.01. The summed E-state index contributed by atoms with van der Waals surface area (Å²) in [6.07, 6.45) is 0.188. The van der Waals surface area contributed by atoms with Crippen LogP contribution in [0.1, 0.15) is 23.7 Å². The third kappa shape index (κ3) is 4.18. The average molecular weight is 330 g/mol. The van der Waals surface area contributed by atoms with Crippen LogP contribution in [0.25, 0.3) is 0 Å². The molecule has 0 aliphatic carbocycles. The minimum atomic E-state index is -0.176. The molecule has 1 heterocycles. The number of thiazole rings is 1. The van der Waals surface area contributed by atoms with Crippen molar-refractivity contribution in [2.45, 2.75) is 19.4 Å². The number of hydrogen-bond donors (Lipinski definition) is 2. The second-order valence-electron chi connectivity index (χ2n) is 4.35. The summed E-state index contributed by atoms with van der Waals surface area (Å²) in [7, 11) is 0. The molecule has 0 radical (unpaired) electrons. The van der Waals surface area contributed by atoms with Crippen LogP contribution in [0.3, 0.4) is 0 Å². The third-order valence-corrected chi connectivity index (χ3v) is 3.98. The lowest BCUT2D eigenvalue weighted by Gasteiger charge is -2.05. The molecule has 106 valence electrons. The Morgan fingerprint density at radius 3 is 2.60 bits per heavy atom. The van der Waals surface area contributed by atoms with Crippen LogP contribution in [0.2, 0.25) is 10.0 Å². The van der Waals surface area contributed by atoms with Crippen LogP contribution in [0.15, 0.2) is 23.6 Å². The molecular formula is C13H13Cl2N3OS. The van der Waals surface area contributed by atoms with Crippen molar-refractivity contribution >= 4 is 46.1 Å². The van der Waals surface area contributed by atoms with Gasteiger partial charge in [0.05, 0.1) is 18.2 Å². The third-order valence-electron chi connectivity index (χ3n) is 2.45. The van der Waals surface area contributed by atoms with Crippen LogP contribution in [0, 0.1) is 0 Å². The number of halogens is 2. The number of nitrogens with zero attached hydrogens (tertiary/aromatic N) is 1. The van der Waals surface area contributed by atoms with E-state index in [0.717, 1.165) is 5.01 Å². The highest BCUT2D eigenvalue weighted by atomic mass is 35.5. The molecule has 1 amide bonds. The van der Waals surface area contributed by atoms with Gasteiger partial charge < -0.3 is 11.1 Å². The highest BCUT2D eigenvalue weighted by Crippen LogP contribution is 2.23. The van der Waals surface area contributed by atoms with Gasteiger partial charge in [0, 0.05) is 21.1 Å². The van der Waals surface area contributed by atoms with E-state index in [1.54, 1.807) is 18.2 Å². The molecule has 0 aliphatic heterocycles. The standard InChI is InChI=1S/C13H13Cl2N3OS/c1-7(16)13-18-11(6-20-13)5-12(19)17-10-3-8(14)2-9(15)4-10/h2-4,6-7H,5,16H2,1H3,(H,17,19). The predicted octanol–water partition coefficient (Wildman–Crippen LogP) is 3.65. The Bertz CT molecular complexity index is 608. The van der Waals surface area contributed by atoms with Gasteiger partial charge in [0.1, 0.15) is 5.01 Å². The van der Waals surface area contributed by atoms with Crippen LogP contribution in [-0.2, 0) is 11.2 Å². The Kier molecular flexibility index (Phi) is 4.99. The first-order chi connectivity index (χ1) is 9.44. The molecule has 20 heavy (non-hydrogen) atoms. The summed E-state index contributed by atoms with van der Waals surface area (Å²) in [6.45, 7) is 1.86. The van der Waals surface area contributed by atoms with Crippen LogP contribution >= 0.6 is 34.5 Å². The van der Waals surface area contributed by atoms with Crippen molar-refractivity contribution in [3.8, 4) is 0 Å². The summed E-state index contributed by atoms with van der Waals surface area (Å²) in [6, 6.07) is 4.76. The van der Waals surface area contributed by atoms with Gasteiger partial charge in [-0.2, -0.15) is 0 Å². The van der Waals surface area contributed by atoms with Crippen molar-refractivity contribution in [3.63, 3.8) is 0 Å². The highest BCUT2D eigenvalue weighted by molar-refractivity contribution is 7.09. The first-order valence-electron chi connectivity index (χ1n) is 5.90. The Hall–Kier alpha value is -1.14. The van der Waals surface area contributed by atoms with Gasteiger partial charge in [-0.1, -0.05) is 23.2 Å². The molecule has 1 aromatic carbocycles. The smallest absolute Gasteiger partial charge is 0.230 e. The number of amides is 1. The van der Waals surface area contributed by atoms with E-state index < -0.39 is 0 Å². The lowest BCUT2D eigenvalue weighted by molar-refractivity contribution is -0.115. The summed E-state index contributed by atoms with van der Waals surface area (Å²) in [4.78, 5) is 16.2. The van der Waals surface area contributed by atoms with Gasteiger partial charge in [0.15, 0.2) is 0 Å². The fourth-order valence-corrected chi connectivity index (χ4v) is 2.91. The molecule has 0 spiro atoms. The van der Waals surface area contributed by atoms with E-state index in [1.165, 1.54) is 11.3 Å². The average Bonchev–Trinajstić information content (AvgIpc) is 2.75. The number of hydrogen-bond acceptors (Lipinski definition) is 4. The van der Waals surface area contributed by atoms with Gasteiger partial charge in [-0.05, 0) is 25.1 Å². The predicted molar refractivity (Wildman–Crippen MR) is 83.5 cm³/mol. The summed E-state index contributed by atoms with van der Waals surface area (Å²) in [5.74, 6) is -0.176.